The molecule has 0 amide bonds. The summed E-state index contributed by atoms with van der Waals surface area (Å²) in [5, 5.41) is 0. The van der Waals surface area contributed by atoms with E-state index < -0.39 is 11.9 Å². The molecule has 1 rings (SSSR count). The number of methoxy groups -OCH3 is 1. The number of esters is 2. The lowest BCUT2D eigenvalue weighted by Gasteiger charge is -2.08. The van der Waals surface area contributed by atoms with Crippen LogP contribution in [0.25, 0.3) is 6.08 Å². The molecule has 5 nitrogen and oxygen atoms in total. The molecule has 1 aromatic rings. The molecule has 0 aliphatic heterocycles. The molecule has 0 bridgehead atoms. The molecule has 0 spiro atoms. The quantitative estimate of drug-likeness (QED) is 0.140. The lowest BCUT2D eigenvalue weighted by atomic mass is 10.2. The first-order valence-corrected chi connectivity index (χ1v) is 9.90. The molecule has 0 aliphatic rings. The van der Waals surface area contributed by atoms with Gasteiger partial charge in [0.2, 0.25) is 0 Å². The summed E-state index contributed by atoms with van der Waals surface area (Å²) in [7, 11) is 1.46. The van der Waals surface area contributed by atoms with Crippen LogP contribution in [0.15, 0.2) is 110 Å². The monoisotopic (exact) mass is 432 g/mol. The van der Waals surface area contributed by atoms with Crippen molar-refractivity contribution in [3.05, 3.63) is 115 Å². The largest absolute Gasteiger partial charge is 0.493 e. The van der Waals surface area contributed by atoms with Crippen LogP contribution in [0.5, 0.6) is 11.5 Å². The van der Waals surface area contributed by atoms with E-state index in [2.05, 4.69) is 6.58 Å². The number of hydrogen-bond acceptors (Lipinski definition) is 5. The normalized spacial score (nSPS) is 12.3. The fourth-order valence-electron chi connectivity index (χ4n) is 2.15. The number of benzene rings is 1. The van der Waals surface area contributed by atoms with Gasteiger partial charge in [0.05, 0.1) is 7.11 Å². The molecule has 0 radical (unpaired) electrons. The van der Waals surface area contributed by atoms with Crippen LogP contribution in [0.1, 0.15) is 19.4 Å². The third kappa shape index (κ3) is 11.2. The highest BCUT2D eigenvalue weighted by Crippen LogP contribution is 2.28. The maximum absolute atomic E-state index is 11.9. The fraction of sp³-hybridized carbons (Fsp3) is 0.111. The lowest BCUT2D eigenvalue weighted by Crippen LogP contribution is -2.05. The topological polar surface area (TPSA) is 61.8 Å². The summed E-state index contributed by atoms with van der Waals surface area (Å²) in [6, 6.07) is 4.91. The Bertz CT molecular complexity index is 985. The van der Waals surface area contributed by atoms with E-state index in [0.29, 0.717) is 11.3 Å². The Balaban J connectivity index is 2.71. The predicted octanol–water partition coefficient (Wildman–Crippen LogP) is 6.05. The number of ether oxygens (including phenoxy) is 3. The Hall–Kier alpha value is -4.12. The average molecular weight is 433 g/mol. The number of carbonyl (C=O) groups is 2. The zero-order valence-electron chi connectivity index (χ0n) is 18.6. The summed E-state index contributed by atoms with van der Waals surface area (Å²) in [5.74, 6) is -0.260. The van der Waals surface area contributed by atoms with Crippen LogP contribution in [0.3, 0.4) is 0 Å². The Morgan fingerprint density at radius 3 is 2.03 bits per heavy atom. The second-order valence-electron chi connectivity index (χ2n) is 6.09. The van der Waals surface area contributed by atoms with Crippen molar-refractivity contribution in [2.75, 3.05) is 7.11 Å². The summed E-state index contributed by atoms with van der Waals surface area (Å²) in [6.07, 6.45) is 23.7. The van der Waals surface area contributed by atoms with Crippen molar-refractivity contribution < 1.29 is 23.8 Å². The number of carbonyl (C=O) groups excluding carboxylic acids is 2. The minimum Gasteiger partial charge on any atom is -0.493 e. The molecule has 32 heavy (non-hydrogen) atoms. The van der Waals surface area contributed by atoms with Gasteiger partial charge in [-0.2, -0.15) is 0 Å². The zero-order valence-corrected chi connectivity index (χ0v) is 18.6. The molecular weight excluding hydrogens is 404 g/mol. The van der Waals surface area contributed by atoms with Crippen molar-refractivity contribution in [1.82, 2.24) is 0 Å². The van der Waals surface area contributed by atoms with Gasteiger partial charge in [-0.05, 0) is 43.7 Å². The first-order chi connectivity index (χ1) is 15.5. The Labute approximate surface area is 189 Å². The van der Waals surface area contributed by atoms with Crippen molar-refractivity contribution in [1.29, 1.82) is 0 Å². The van der Waals surface area contributed by atoms with E-state index in [-0.39, 0.29) is 11.5 Å². The van der Waals surface area contributed by atoms with E-state index in [4.69, 9.17) is 14.2 Å². The summed E-state index contributed by atoms with van der Waals surface area (Å²) in [5.41, 5.74) is 0.666. The van der Waals surface area contributed by atoms with Crippen LogP contribution < -0.4 is 9.47 Å². The van der Waals surface area contributed by atoms with Crippen LogP contribution in [0.4, 0.5) is 0 Å². The number of allylic oxidation sites excluding steroid dienone is 11. The van der Waals surface area contributed by atoms with E-state index in [0.717, 1.165) is 0 Å². The average Bonchev–Trinajstić information content (AvgIpc) is 2.78. The van der Waals surface area contributed by atoms with E-state index in [1.54, 1.807) is 60.7 Å². The van der Waals surface area contributed by atoms with Gasteiger partial charge >= 0.3 is 11.9 Å². The van der Waals surface area contributed by atoms with Crippen LogP contribution in [0.2, 0.25) is 0 Å². The molecule has 0 aromatic heterocycles. The smallest absolute Gasteiger partial charge is 0.336 e. The van der Waals surface area contributed by atoms with Gasteiger partial charge in [-0.3, -0.25) is 0 Å². The molecule has 0 heterocycles. The van der Waals surface area contributed by atoms with Gasteiger partial charge in [0.25, 0.3) is 0 Å². The summed E-state index contributed by atoms with van der Waals surface area (Å²) < 4.78 is 15.7. The molecular formula is C27H28O5. The van der Waals surface area contributed by atoms with E-state index in [1.165, 1.54) is 19.3 Å². The second kappa shape index (κ2) is 15.7. The van der Waals surface area contributed by atoms with Gasteiger partial charge in [0, 0.05) is 12.2 Å². The summed E-state index contributed by atoms with van der Waals surface area (Å²) in [4.78, 5) is 23.9. The van der Waals surface area contributed by atoms with Crippen molar-refractivity contribution in [3.63, 3.8) is 0 Å². The van der Waals surface area contributed by atoms with Crippen LogP contribution in [-0.4, -0.2) is 19.0 Å². The molecule has 5 heteroatoms. The Morgan fingerprint density at radius 2 is 1.41 bits per heavy atom. The van der Waals surface area contributed by atoms with Gasteiger partial charge in [-0.1, -0.05) is 73.4 Å². The molecule has 0 saturated carbocycles. The van der Waals surface area contributed by atoms with Crippen molar-refractivity contribution in [3.8, 4) is 11.5 Å². The highest BCUT2D eigenvalue weighted by atomic mass is 16.6. The first kappa shape index (κ1) is 25.9. The molecule has 0 saturated heterocycles. The van der Waals surface area contributed by atoms with Crippen molar-refractivity contribution >= 4 is 18.0 Å². The van der Waals surface area contributed by atoms with Crippen molar-refractivity contribution in [2.24, 2.45) is 0 Å². The SMILES string of the molecule is C=C(/C=C/C=C/C=C/C)OC(=O)/C=C/c1ccc(OC(=O)/C=C/C=C/C=C/C)c(OC)c1. The zero-order chi connectivity index (χ0) is 23.6. The minimum absolute atomic E-state index is 0.221. The molecule has 0 atom stereocenters. The van der Waals surface area contributed by atoms with Crippen LogP contribution in [0, 0.1) is 0 Å². The number of hydrogen-bond donors (Lipinski definition) is 0. The van der Waals surface area contributed by atoms with Gasteiger partial charge in [-0.15, -0.1) is 0 Å². The van der Waals surface area contributed by atoms with Crippen LogP contribution in [-0.2, 0) is 14.3 Å². The van der Waals surface area contributed by atoms with Gasteiger partial charge in [-0.25, -0.2) is 9.59 Å². The maximum Gasteiger partial charge on any atom is 0.336 e. The Kier molecular flexibility index (Phi) is 12.7. The molecule has 0 aliphatic carbocycles. The van der Waals surface area contributed by atoms with E-state index in [1.807, 2.05) is 44.2 Å². The lowest BCUT2D eigenvalue weighted by molar-refractivity contribution is -0.133. The molecule has 166 valence electrons. The van der Waals surface area contributed by atoms with Crippen molar-refractivity contribution in [2.45, 2.75) is 13.8 Å². The summed E-state index contributed by atoms with van der Waals surface area (Å²) in [6.45, 7) is 7.49. The minimum atomic E-state index is -0.567. The summed E-state index contributed by atoms with van der Waals surface area (Å²) >= 11 is 0. The highest BCUT2D eigenvalue weighted by Gasteiger charge is 2.08. The number of rotatable bonds is 11. The standard InChI is InChI=1S/C27H28O5/c1-5-7-9-11-13-15-22(3)31-27(29)20-18-23-17-19-24(25(21-23)30-4)32-26(28)16-14-12-10-8-6-2/h5-21H,3H2,1-2,4H3/b7-5+,8-6+,11-9+,12-10+,15-13+,16-14+,20-18+. The van der Waals surface area contributed by atoms with Gasteiger partial charge in [0.1, 0.15) is 5.76 Å². The highest BCUT2D eigenvalue weighted by molar-refractivity contribution is 5.88. The molecule has 0 unspecified atom stereocenters. The first-order valence-electron chi connectivity index (χ1n) is 9.90. The van der Waals surface area contributed by atoms with Gasteiger partial charge in [0.15, 0.2) is 11.5 Å². The fourth-order valence-corrected chi connectivity index (χ4v) is 2.15. The van der Waals surface area contributed by atoms with Crippen LogP contribution >= 0.6 is 0 Å². The maximum atomic E-state index is 11.9. The third-order valence-corrected chi connectivity index (χ3v) is 3.61. The predicted molar refractivity (Wildman–Crippen MR) is 129 cm³/mol. The molecule has 0 fully saturated rings. The van der Waals surface area contributed by atoms with E-state index in [9.17, 15) is 9.59 Å². The van der Waals surface area contributed by atoms with Gasteiger partial charge < -0.3 is 14.2 Å². The third-order valence-electron chi connectivity index (χ3n) is 3.61. The Morgan fingerprint density at radius 1 is 0.781 bits per heavy atom. The molecule has 0 N–H and O–H groups in total. The second-order valence-corrected chi connectivity index (χ2v) is 6.09. The van der Waals surface area contributed by atoms with E-state index >= 15 is 0 Å². The molecule has 1 aromatic carbocycles.